The van der Waals surface area contributed by atoms with Crippen LogP contribution in [0.15, 0.2) is 36.4 Å². The summed E-state index contributed by atoms with van der Waals surface area (Å²) in [5.74, 6) is 1.30. The highest BCUT2D eigenvalue weighted by molar-refractivity contribution is 6.31. The summed E-state index contributed by atoms with van der Waals surface area (Å²) in [6, 6.07) is 11.4. The number of nitrogens with one attached hydrogen (secondary N) is 1. The monoisotopic (exact) mass is 409 g/mol. The van der Waals surface area contributed by atoms with E-state index < -0.39 is 0 Å². The average Bonchev–Trinajstić information content (AvgIpc) is 3.17. The number of rotatable bonds is 9. The topological polar surface area (TPSA) is 39.7 Å². The van der Waals surface area contributed by atoms with Crippen LogP contribution in [0.25, 0.3) is 0 Å². The van der Waals surface area contributed by atoms with E-state index in [9.17, 15) is 0 Å². The Hall–Kier alpha value is -1.46. The summed E-state index contributed by atoms with van der Waals surface area (Å²) in [5.41, 5.74) is 1.89. The first-order valence-electron chi connectivity index (χ1n) is 9.31. The standard InChI is InChI=1S/C21H25Cl2NO3/c1-2-25-20-10-16(12-24-13-17-7-5-9-26-17)19(23)11-21(20)27-14-15-6-3-4-8-18(15)22/h3-4,6,8,10-11,17,24H,2,5,7,9,12-14H2,1H3. The molecule has 6 heteroatoms. The zero-order valence-electron chi connectivity index (χ0n) is 15.5. The fraction of sp³-hybridized carbons (Fsp3) is 0.429. The highest BCUT2D eigenvalue weighted by Gasteiger charge is 2.16. The summed E-state index contributed by atoms with van der Waals surface area (Å²) in [4.78, 5) is 0. The Kier molecular flexibility index (Phi) is 7.65. The van der Waals surface area contributed by atoms with Crippen LogP contribution in [0.4, 0.5) is 0 Å². The lowest BCUT2D eigenvalue weighted by Gasteiger charge is -2.16. The molecule has 0 spiro atoms. The Labute approximate surface area is 170 Å². The van der Waals surface area contributed by atoms with Gasteiger partial charge in [-0.3, -0.25) is 0 Å². The third-order valence-electron chi connectivity index (χ3n) is 4.47. The molecule has 2 aromatic carbocycles. The maximum atomic E-state index is 6.48. The van der Waals surface area contributed by atoms with E-state index in [2.05, 4.69) is 5.32 Å². The first kappa shape index (κ1) is 20.3. The Balaban J connectivity index is 1.66. The zero-order valence-corrected chi connectivity index (χ0v) is 17.0. The fourth-order valence-electron chi connectivity index (χ4n) is 3.04. The van der Waals surface area contributed by atoms with Gasteiger partial charge in [0.05, 0.1) is 12.7 Å². The van der Waals surface area contributed by atoms with Gasteiger partial charge in [0.25, 0.3) is 0 Å². The second-order valence-corrected chi connectivity index (χ2v) is 7.28. The molecule has 1 aliphatic rings. The number of halogens is 2. The van der Waals surface area contributed by atoms with E-state index in [-0.39, 0.29) is 0 Å². The smallest absolute Gasteiger partial charge is 0.163 e. The van der Waals surface area contributed by atoms with Gasteiger partial charge in [-0.05, 0) is 37.5 Å². The molecule has 0 aromatic heterocycles. The minimum atomic E-state index is 0.299. The van der Waals surface area contributed by atoms with Gasteiger partial charge in [-0.25, -0.2) is 0 Å². The van der Waals surface area contributed by atoms with Gasteiger partial charge in [-0.15, -0.1) is 0 Å². The number of hydrogen-bond acceptors (Lipinski definition) is 4. The predicted molar refractivity (Wildman–Crippen MR) is 109 cm³/mol. The van der Waals surface area contributed by atoms with Crippen molar-refractivity contribution in [3.05, 3.63) is 57.6 Å². The molecule has 1 aliphatic heterocycles. The molecule has 27 heavy (non-hydrogen) atoms. The molecule has 146 valence electrons. The molecule has 0 saturated carbocycles. The van der Waals surface area contributed by atoms with Crippen molar-refractivity contribution in [3.63, 3.8) is 0 Å². The predicted octanol–water partition coefficient (Wildman–Crippen LogP) is 5.24. The summed E-state index contributed by atoms with van der Waals surface area (Å²) in [7, 11) is 0. The molecule has 3 rings (SSSR count). The number of hydrogen-bond donors (Lipinski definition) is 1. The lowest BCUT2D eigenvalue weighted by molar-refractivity contribution is 0.110. The molecule has 4 nitrogen and oxygen atoms in total. The van der Waals surface area contributed by atoms with Crippen LogP contribution in [0.1, 0.15) is 30.9 Å². The molecular formula is C21H25Cl2NO3. The molecule has 1 saturated heterocycles. The van der Waals surface area contributed by atoms with E-state index in [4.69, 9.17) is 37.4 Å². The van der Waals surface area contributed by atoms with E-state index in [0.717, 1.165) is 37.1 Å². The van der Waals surface area contributed by atoms with E-state index >= 15 is 0 Å². The van der Waals surface area contributed by atoms with E-state index in [0.29, 0.717) is 47.4 Å². The Morgan fingerprint density at radius 1 is 1.07 bits per heavy atom. The molecule has 0 radical (unpaired) electrons. The zero-order chi connectivity index (χ0) is 19.1. The molecule has 0 bridgehead atoms. The first-order valence-corrected chi connectivity index (χ1v) is 10.1. The van der Waals surface area contributed by atoms with Crippen molar-refractivity contribution in [1.82, 2.24) is 5.32 Å². The van der Waals surface area contributed by atoms with Gasteiger partial charge in [0.1, 0.15) is 6.61 Å². The van der Waals surface area contributed by atoms with Crippen LogP contribution in [0.5, 0.6) is 11.5 Å². The third kappa shape index (κ3) is 5.76. The van der Waals surface area contributed by atoms with E-state index in [1.165, 1.54) is 0 Å². The van der Waals surface area contributed by atoms with Crippen LogP contribution >= 0.6 is 23.2 Å². The molecule has 2 aromatic rings. The van der Waals surface area contributed by atoms with Crippen molar-refractivity contribution in [2.24, 2.45) is 0 Å². The SMILES string of the molecule is CCOc1cc(CNCC2CCCO2)c(Cl)cc1OCc1ccccc1Cl. The van der Waals surface area contributed by atoms with Gasteiger partial charge in [-0.1, -0.05) is 41.4 Å². The quantitative estimate of drug-likeness (QED) is 0.614. The highest BCUT2D eigenvalue weighted by atomic mass is 35.5. The van der Waals surface area contributed by atoms with Gasteiger partial charge in [0, 0.05) is 41.4 Å². The van der Waals surface area contributed by atoms with Crippen LogP contribution in [0, 0.1) is 0 Å². The largest absolute Gasteiger partial charge is 0.490 e. The highest BCUT2D eigenvalue weighted by Crippen LogP contribution is 2.34. The summed E-state index contributed by atoms with van der Waals surface area (Å²) in [5, 5.41) is 4.74. The van der Waals surface area contributed by atoms with Crippen LogP contribution in [0.3, 0.4) is 0 Å². The lowest BCUT2D eigenvalue weighted by Crippen LogP contribution is -2.25. The first-order chi connectivity index (χ1) is 13.2. The van der Waals surface area contributed by atoms with E-state index in [1.807, 2.05) is 43.3 Å². The molecule has 0 amide bonds. The minimum Gasteiger partial charge on any atom is -0.490 e. The second kappa shape index (κ2) is 10.2. The van der Waals surface area contributed by atoms with E-state index in [1.54, 1.807) is 0 Å². The van der Waals surface area contributed by atoms with Gasteiger partial charge in [-0.2, -0.15) is 0 Å². The molecule has 1 heterocycles. The Morgan fingerprint density at radius 2 is 1.89 bits per heavy atom. The summed E-state index contributed by atoms with van der Waals surface area (Å²) in [6.45, 7) is 5.19. The average molecular weight is 410 g/mol. The lowest BCUT2D eigenvalue weighted by atomic mass is 10.1. The summed E-state index contributed by atoms with van der Waals surface area (Å²) in [6.07, 6.45) is 2.55. The summed E-state index contributed by atoms with van der Waals surface area (Å²) >= 11 is 12.7. The van der Waals surface area contributed by atoms with Crippen LogP contribution in [0.2, 0.25) is 10.0 Å². The van der Waals surface area contributed by atoms with Crippen LogP contribution in [-0.2, 0) is 17.9 Å². The number of benzene rings is 2. The molecule has 0 aliphatic carbocycles. The van der Waals surface area contributed by atoms with Gasteiger partial charge < -0.3 is 19.5 Å². The minimum absolute atomic E-state index is 0.299. The maximum Gasteiger partial charge on any atom is 0.163 e. The Bertz CT molecular complexity index is 748. The Morgan fingerprint density at radius 3 is 2.63 bits per heavy atom. The van der Waals surface area contributed by atoms with Crippen molar-refractivity contribution in [2.75, 3.05) is 19.8 Å². The molecule has 1 N–H and O–H groups in total. The molecule has 1 atom stereocenters. The van der Waals surface area contributed by atoms with Crippen molar-refractivity contribution in [3.8, 4) is 11.5 Å². The van der Waals surface area contributed by atoms with Crippen molar-refractivity contribution in [2.45, 2.75) is 39.0 Å². The number of ether oxygens (including phenoxy) is 3. The van der Waals surface area contributed by atoms with Crippen LogP contribution < -0.4 is 14.8 Å². The second-order valence-electron chi connectivity index (χ2n) is 6.47. The fourth-order valence-corrected chi connectivity index (χ4v) is 3.45. The van der Waals surface area contributed by atoms with Gasteiger partial charge >= 0.3 is 0 Å². The molecular weight excluding hydrogens is 385 g/mol. The normalized spacial score (nSPS) is 16.5. The van der Waals surface area contributed by atoms with Crippen molar-refractivity contribution >= 4 is 23.2 Å². The van der Waals surface area contributed by atoms with Crippen LogP contribution in [-0.4, -0.2) is 25.9 Å². The van der Waals surface area contributed by atoms with Crippen molar-refractivity contribution in [1.29, 1.82) is 0 Å². The maximum absolute atomic E-state index is 6.48. The van der Waals surface area contributed by atoms with Gasteiger partial charge in [0.15, 0.2) is 11.5 Å². The third-order valence-corrected chi connectivity index (χ3v) is 5.19. The molecule has 1 unspecified atom stereocenters. The molecule has 1 fully saturated rings. The van der Waals surface area contributed by atoms with Gasteiger partial charge in [0.2, 0.25) is 0 Å². The van der Waals surface area contributed by atoms with Crippen molar-refractivity contribution < 1.29 is 14.2 Å². The summed E-state index contributed by atoms with van der Waals surface area (Å²) < 4.78 is 17.3.